The molecule has 0 spiro atoms. The van der Waals surface area contributed by atoms with E-state index < -0.39 is 0 Å². The van der Waals surface area contributed by atoms with Gasteiger partial charge in [0.25, 0.3) is 5.91 Å². The number of para-hydroxylation sites is 1. The van der Waals surface area contributed by atoms with E-state index in [2.05, 4.69) is 22.4 Å². The quantitative estimate of drug-likeness (QED) is 0.240. The van der Waals surface area contributed by atoms with Gasteiger partial charge in [-0.2, -0.15) is 0 Å². The van der Waals surface area contributed by atoms with Crippen molar-refractivity contribution in [1.82, 2.24) is 9.97 Å². The maximum Gasteiger partial charge on any atom is 0.258 e. The molecule has 7 heteroatoms. The van der Waals surface area contributed by atoms with Crippen molar-refractivity contribution in [3.63, 3.8) is 0 Å². The van der Waals surface area contributed by atoms with Crippen LogP contribution in [0.2, 0.25) is 5.02 Å². The number of benzene rings is 3. The van der Waals surface area contributed by atoms with Crippen molar-refractivity contribution in [2.45, 2.75) is 6.42 Å². The van der Waals surface area contributed by atoms with Gasteiger partial charge in [-0.25, -0.2) is 9.97 Å². The zero-order chi connectivity index (χ0) is 25.2. The van der Waals surface area contributed by atoms with Crippen molar-refractivity contribution < 1.29 is 9.21 Å². The van der Waals surface area contributed by atoms with E-state index >= 15 is 0 Å². The molecule has 1 N–H and O–H groups in total. The second kappa shape index (κ2) is 10.0. The molecule has 0 saturated heterocycles. The smallest absolute Gasteiger partial charge is 0.258 e. The summed E-state index contributed by atoms with van der Waals surface area (Å²) in [6.07, 6.45) is 2.57. The second-order valence-electron chi connectivity index (χ2n) is 8.46. The summed E-state index contributed by atoms with van der Waals surface area (Å²) in [4.78, 5) is 23.7. The topological polar surface area (TPSA) is 68.0 Å². The van der Waals surface area contributed by atoms with Crippen LogP contribution in [0.1, 0.15) is 20.8 Å². The fraction of sp³-hybridized carbons (Fsp3) is 0.0333. The number of thiazole rings is 1. The molecule has 0 atom stereocenters. The predicted molar refractivity (Wildman–Crippen MR) is 149 cm³/mol. The van der Waals surface area contributed by atoms with E-state index in [4.69, 9.17) is 21.0 Å². The molecule has 3 aromatic carbocycles. The Morgan fingerprint density at radius 1 is 0.892 bits per heavy atom. The summed E-state index contributed by atoms with van der Waals surface area (Å²) in [6, 6.07) is 30.7. The maximum absolute atomic E-state index is 13.4. The predicted octanol–water partition coefficient (Wildman–Crippen LogP) is 8.11. The number of carbonyl (C=O) groups excluding carboxylic acids is 1. The van der Waals surface area contributed by atoms with Gasteiger partial charge in [-0.05, 0) is 42.0 Å². The van der Waals surface area contributed by atoms with Gasteiger partial charge in [-0.3, -0.25) is 10.1 Å². The Balaban J connectivity index is 1.31. The molecular weight excluding hydrogens is 502 g/mol. The number of hydrogen-bond acceptors (Lipinski definition) is 5. The van der Waals surface area contributed by atoms with Gasteiger partial charge < -0.3 is 4.42 Å². The first-order valence-corrected chi connectivity index (χ1v) is 12.9. The first-order chi connectivity index (χ1) is 18.1. The van der Waals surface area contributed by atoms with Gasteiger partial charge in [0.2, 0.25) is 0 Å². The zero-order valence-corrected chi connectivity index (χ0v) is 21.1. The molecule has 180 valence electrons. The van der Waals surface area contributed by atoms with Crippen LogP contribution in [-0.4, -0.2) is 15.9 Å². The average Bonchev–Trinajstić information content (AvgIpc) is 3.59. The maximum atomic E-state index is 13.4. The zero-order valence-electron chi connectivity index (χ0n) is 19.5. The lowest BCUT2D eigenvalue weighted by Gasteiger charge is -2.08. The minimum Gasteiger partial charge on any atom is -0.454 e. The van der Waals surface area contributed by atoms with Crippen LogP contribution in [0.25, 0.3) is 33.7 Å². The number of rotatable bonds is 6. The number of furan rings is 1. The lowest BCUT2D eigenvalue weighted by atomic mass is 10.1. The third kappa shape index (κ3) is 4.89. The molecule has 0 aliphatic carbocycles. The van der Waals surface area contributed by atoms with Gasteiger partial charge in [-0.15, -0.1) is 11.3 Å². The van der Waals surface area contributed by atoms with Crippen LogP contribution in [0.4, 0.5) is 5.13 Å². The highest BCUT2D eigenvalue weighted by atomic mass is 35.5. The Bertz CT molecular complexity index is 1730. The number of aromatic nitrogens is 2. The summed E-state index contributed by atoms with van der Waals surface area (Å²) in [7, 11) is 0. The number of pyridine rings is 1. The summed E-state index contributed by atoms with van der Waals surface area (Å²) in [5, 5.41) is 4.87. The fourth-order valence-corrected chi connectivity index (χ4v) is 5.25. The van der Waals surface area contributed by atoms with Crippen molar-refractivity contribution >= 4 is 44.9 Å². The molecule has 1 amide bonds. The molecular formula is C30H20ClN3O2S. The molecule has 3 aromatic heterocycles. The van der Waals surface area contributed by atoms with Crippen molar-refractivity contribution in [3.8, 4) is 22.8 Å². The summed E-state index contributed by atoms with van der Waals surface area (Å²) >= 11 is 7.82. The van der Waals surface area contributed by atoms with E-state index in [1.807, 2.05) is 85.1 Å². The molecule has 5 nitrogen and oxygen atoms in total. The molecule has 6 aromatic rings. The Hall–Kier alpha value is -4.26. The summed E-state index contributed by atoms with van der Waals surface area (Å²) in [5.41, 5.74) is 3.75. The van der Waals surface area contributed by atoms with Crippen molar-refractivity contribution in [2.24, 2.45) is 0 Å². The van der Waals surface area contributed by atoms with E-state index in [-0.39, 0.29) is 5.91 Å². The molecule has 0 unspecified atom stereocenters. The van der Waals surface area contributed by atoms with Crippen LogP contribution in [0.15, 0.2) is 108 Å². The number of nitrogens with zero attached hydrogens (tertiary/aromatic N) is 2. The number of anilines is 1. The number of halogens is 1. The van der Waals surface area contributed by atoms with Crippen LogP contribution in [0, 0.1) is 0 Å². The van der Waals surface area contributed by atoms with E-state index in [9.17, 15) is 4.79 Å². The van der Waals surface area contributed by atoms with Gasteiger partial charge >= 0.3 is 0 Å². The van der Waals surface area contributed by atoms with Crippen molar-refractivity contribution in [3.05, 3.63) is 124 Å². The lowest BCUT2D eigenvalue weighted by molar-refractivity contribution is 0.102. The highest BCUT2D eigenvalue weighted by Crippen LogP contribution is 2.33. The summed E-state index contributed by atoms with van der Waals surface area (Å²) in [6.45, 7) is 0. The Labute approximate surface area is 222 Å². The molecule has 37 heavy (non-hydrogen) atoms. The molecule has 0 saturated carbocycles. The standard InChI is InChI=1S/C30H20ClN3O2S/c31-24-12-6-4-11-22(24)27-14-15-28(36-27)26-17-23(21-10-5-7-13-25(21)33-26)29(35)34-30-32-18-20(37-30)16-19-8-2-1-3-9-19/h1-15,17-18H,16H2,(H,32,34,35). The third-order valence-corrected chi connectivity index (χ3v) is 7.20. The minimum atomic E-state index is -0.252. The van der Waals surface area contributed by atoms with Crippen LogP contribution in [0.3, 0.4) is 0 Å². The number of nitrogens with one attached hydrogen (secondary N) is 1. The van der Waals surface area contributed by atoms with E-state index in [0.29, 0.717) is 38.4 Å². The number of fused-ring (bicyclic) bond motifs is 1. The summed E-state index contributed by atoms with van der Waals surface area (Å²) < 4.78 is 6.11. The Morgan fingerprint density at radius 2 is 1.65 bits per heavy atom. The highest BCUT2D eigenvalue weighted by Gasteiger charge is 2.18. The largest absolute Gasteiger partial charge is 0.454 e. The molecule has 6 rings (SSSR count). The number of amides is 1. The molecule has 0 aliphatic heterocycles. The van der Waals surface area contributed by atoms with Crippen molar-refractivity contribution in [1.29, 1.82) is 0 Å². The van der Waals surface area contributed by atoms with Gasteiger partial charge in [0.05, 0.1) is 16.1 Å². The first-order valence-electron chi connectivity index (χ1n) is 11.7. The molecule has 0 fully saturated rings. The van der Waals surface area contributed by atoms with Gasteiger partial charge in [0.1, 0.15) is 11.5 Å². The minimum absolute atomic E-state index is 0.252. The van der Waals surface area contributed by atoms with E-state index in [0.717, 1.165) is 22.2 Å². The first kappa shape index (κ1) is 23.2. The van der Waals surface area contributed by atoms with Gasteiger partial charge in [0.15, 0.2) is 10.9 Å². The normalized spacial score (nSPS) is 11.1. The van der Waals surface area contributed by atoms with Gasteiger partial charge in [0, 0.05) is 28.4 Å². The highest BCUT2D eigenvalue weighted by molar-refractivity contribution is 7.15. The van der Waals surface area contributed by atoms with Crippen LogP contribution < -0.4 is 5.32 Å². The average molecular weight is 522 g/mol. The van der Waals surface area contributed by atoms with Crippen LogP contribution >= 0.6 is 22.9 Å². The molecule has 0 radical (unpaired) electrons. The van der Waals surface area contributed by atoms with Gasteiger partial charge in [-0.1, -0.05) is 72.3 Å². The van der Waals surface area contributed by atoms with Crippen LogP contribution in [0.5, 0.6) is 0 Å². The van der Waals surface area contributed by atoms with E-state index in [1.165, 1.54) is 16.9 Å². The Morgan fingerprint density at radius 3 is 2.51 bits per heavy atom. The van der Waals surface area contributed by atoms with Crippen molar-refractivity contribution in [2.75, 3.05) is 5.32 Å². The van der Waals surface area contributed by atoms with E-state index in [1.54, 1.807) is 6.07 Å². The second-order valence-corrected chi connectivity index (χ2v) is 9.99. The lowest BCUT2D eigenvalue weighted by Crippen LogP contribution is -2.12. The van der Waals surface area contributed by atoms with Crippen LogP contribution in [-0.2, 0) is 6.42 Å². The fourth-order valence-electron chi connectivity index (χ4n) is 4.18. The number of carbonyl (C=O) groups is 1. The number of hydrogen-bond donors (Lipinski definition) is 1. The third-order valence-electron chi connectivity index (χ3n) is 5.95. The monoisotopic (exact) mass is 521 g/mol. The molecule has 0 aliphatic rings. The molecule has 0 bridgehead atoms. The summed E-state index contributed by atoms with van der Waals surface area (Å²) in [5.74, 6) is 0.933. The SMILES string of the molecule is O=C(Nc1ncc(Cc2ccccc2)s1)c1cc(-c2ccc(-c3ccccc3Cl)o2)nc2ccccc12. The molecule has 3 heterocycles. The Kier molecular flexibility index (Phi) is 6.26.